The molecule has 0 radical (unpaired) electrons. The van der Waals surface area contributed by atoms with E-state index >= 15 is 0 Å². The molecular formula is C12H15ClFN5. The summed E-state index contributed by atoms with van der Waals surface area (Å²) >= 11 is 5.76. The van der Waals surface area contributed by atoms with Crippen LogP contribution in [-0.2, 0) is 6.54 Å². The Hall–Kier alpha value is -1.27. The highest BCUT2D eigenvalue weighted by atomic mass is 35.5. The van der Waals surface area contributed by atoms with Crippen molar-refractivity contribution >= 4 is 22.8 Å². The number of fused-ring (bicyclic) bond motifs is 1. The number of hydrogen-bond acceptors (Lipinski definition) is 4. The SMILES string of the molecule is CN1CCC(F)(Cn2cnc3cc(Cl)nnc32)CC1. The highest BCUT2D eigenvalue weighted by Gasteiger charge is 2.34. The molecule has 0 saturated carbocycles. The van der Waals surface area contributed by atoms with Gasteiger partial charge < -0.3 is 9.47 Å². The summed E-state index contributed by atoms with van der Waals surface area (Å²) in [7, 11) is 2.01. The van der Waals surface area contributed by atoms with E-state index in [1.165, 1.54) is 0 Å². The molecule has 0 atom stereocenters. The first-order valence-corrected chi connectivity index (χ1v) is 6.65. The van der Waals surface area contributed by atoms with Gasteiger partial charge in [-0.15, -0.1) is 10.2 Å². The summed E-state index contributed by atoms with van der Waals surface area (Å²) in [4.78, 5) is 6.33. The average molecular weight is 284 g/mol. The molecule has 0 N–H and O–H groups in total. The first-order chi connectivity index (χ1) is 9.06. The number of nitrogens with zero attached hydrogens (tertiary/aromatic N) is 5. The van der Waals surface area contributed by atoms with E-state index in [0.717, 1.165) is 13.1 Å². The number of halogens is 2. The molecule has 102 valence electrons. The normalized spacial score (nSPS) is 19.9. The molecule has 0 spiro atoms. The van der Waals surface area contributed by atoms with Crippen molar-refractivity contribution in [3.8, 4) is 0 Å². The quantitative estimate of drug-likeness (QED) is 0.845. The minimum atomic E-state index is -1.19. The molecule has 19 heavy (non-hydrogen) atoms. The van der Waals surface area contributed by atoms with Crippen LogP contribution in [0.2, 0.25) is 5.15 Å². The van der Waals surface area contributed by atoms with Crippen LogP contribution in [0.1, 0.15) is 12.8 Å². The summed E-state index contributed by atoms with van der Waals surface area (Å²) in [5, 5.41) is 8.08. The molecule has 1 fully saturated rings. The van der Waals surface area contributed by atoms with Crippen LogP contribution in [-0.4, -0.2) is 50.5 Å². The third-order valence-corrected chi connectivity index (χ3v) is 3.85. The third kappa shape index (κ3) is 2.55. The van der Waals surface area contributed by atoms with Crippen molar-refractivity contribution in [2.75, 3.05) is 20.1 Å². The molecular weight excluding hydrogens is 269 g/mol. The van der Waals surface area contributed by atoms with E-state index in [4.69, 9.17) is 11.6 Å². The highest BCUT2D eigenvalue weighted by molar-refractivity contribution is 6.29. The summed E-state index contributed by atoms with van der Waals surface area (Å²) in [6.07, 6.45) is 2.67. The van der Waals surface area contributed by atoms with Gasteiger partial charge >= 0.3 is 0 Å². The fraction of sp³-hybridized carbons (Fsp3) is 0.583. The minimum Gasteiger partial charge on any atom is -0.311 e. The van der Waals surface area contributed by atoms with Crippen LogP contribution in [0.4, 0.5) is 4.39 Å². The number of likely N-dealkylation sites (tertiary alicyclic amines) is 1. The maximum absolute atomic E-state index is 14.8. The molecule has 0 unspecified atom stereocenters. The topological polar surface area (TPSA) is 46.8 Å². The van der Waals surface area contributed by atoms with Crippen molar-refractivity contribution in [1.82, 2.24) is 24.6 Å². The average Bonchev–Trinajstić information content (AvgIpc) is 2.76. The summed E-state index contributed by atoms with van der Waals surface area (Å²) in [6, 6.07) is 1.64. The van der Waals surface area contributed by atoms with Gasteiger partial charge in [0.25, 0.3) is 0 Å². The Kier molecular flexibility index (Phi) is 3.14. The van der Waals surface area contributed by atoms with E-state index in [-0.39, 0.29) is 6.54 Å². The molecule has 0 aliphatic carbocycles. The second-order valence-electron chi connectivity index (χ2n) is 5.20. The minimum absolute atomic E-state index is 0.271. The lowest BCUT2D eigenvalue weighted by Gasteiger charge is -2.34. The largest absolute Gasteiger partial charge is 0.311 e. The molecule has 1 aliphatic rings. The maximum atomic E-state index is 14.8. The van der Waals surface area contributed by atoms with Crippen molar-refractivity contribution in [3.63, 3.8) is 0 Å². The zero-order valence-corrected chi connectivity index (χ0v) is 11.4. The zero-order valence-electron chi connectivity index (χ0n) is 10.7. The predicted octanol–water partition coefficient (Wildman–Crippen LogP) is 1.91. The number of imidazole rings is 1. The summed E-state index contributed by atoms with van der Waals surface area (Å²) in [6.45, 7) is 1.83. The van der Waals surface area contributed by atoms with Crippen LogP contribution in [0.25, 0.3) is 11.2 Å². The molecule has 3 heterocycles. The van der Waals surface area contributed by atoms with Gasteiger partial charge in [0, 0.05) is 19.2 Å². The van der Waals surface area contributed by atoms with Crippen molar-refractivity contribution < 1.29 is 4.39 Å². The van der Waals surface area contributed by atoms with Crippen LogP contribution in [0.5, 0.6) is 0 Å². The molecule has 1 saturated heterocycles. The molecule has 5 nitrogen and oxygen atoms in total. The van der Waals surface area contributed by atoms with Gasteiger partial charge in [-0.2, -0.15) is 0 Å². The molecule has 7 heteroatoms. The Morgan fingerprint density at radius 2 is 2.11 bits per heavy atom. The number of rotatable bonds is 2. The van der Waals surface area contributed by atoms with E-state index in [1.54, 1.807) is 17.0 Å². The van der Waals surface area contributed by atoms with Gasteiger partial charge in [0.05, 0.1) is 12.9 Å². The molecule has 2 aromatic heterocycles. The van der Waals surface area contributed by atoms with E-state index in [0.29, 0.717) is 29.2 Å². The first kappa shape index (κ1) is 12.7. The van der Waals surface area contributed by atoms with E-state index in [1.807, 2.05) is 7.05 Å². The third-order valence-electron chi connectivity index (χ3n) is 3.67. The Labute approximate surface area is 115 Å². The molecule has 0 aromatic carbocycles. The second-order valence-corrected chi connectivity index (χ2v) is 5.59. The monoisotopic (exact) mass is 283 g/mol. The lowest BCUT2D eigenvalue weighted by Crippen LogP contribution is -2.42. The first-order valence-electron chi connectivity index (χ1n) is 6.27. The molecule has 0 bridgehead atoms. The van der Waals surface area contributed by atoms with Crippen LogP contribution >= 0.6 is 11.6 Å². The van der Waals surface area contributed by atoms with Gasteiger partial charge in [-0.1, -0.05) is 11.6 Å². The van der Waals surface area contributed by atoms with Crippen molar-refractivity contribution in [1.29, 1.82) is 0 Å². The van der Waals surface area contributed by atoms with E-state index < -0.39 is 5.67 Å². The fourth-order valence-electron chi connectivity index (χ4n) is 2.44. The zero-order chi connectivity index (χ0) is 13.5. The molecule has 1 aliphatic heterocycles. The summed E-state index contributed by atoms with van der Waals surface area (Å²) < 4.78 is 16.5. The smallest absolute Gasteiger partial charge is 0.182 e. The summed E-state index contributed by atoms with van der Waals surface area (Å²) in [5.74, 6) is 0. The number of hydrogen-bond donors (Lipinski definition) is 0. The highest BCUT2D eigenvalue weighted by Crippen LogP contribution is 2.29. The molecule has 0 amide bonds. The van der Waals surface area contributed by atoms with Gasteiger partial charge in [0.15, 0.2) is 10.8 Å². The fourth-order valence-corrected chi connectivity index (χ4v) is 2.58. The molecule has 3 rings (SSSR count). The lowest BCUT2D eigenvalue weighted by atomic mass is 9.93. The van der Waals surface area contributed by atoms with Crippen LogP contribution in [0.15, 0.2) is 12.4 Å². The van der Waals surface area contributed by atoms with Crippen molar-refractivity contribution in [2.45, 2.75) is 25.1 Å². The van der Waals surface area contributed by atoms with Gasteiger partial charge in [0.1, 0.15) is 11.2 Å². The Morgan fingerprint density at radius 1 is 1.37 bits per heavy atom. The van der Waals surface area contributed by atoms with Gasteiger partial charge in [-0.05, 0) is 19.9 Å². The van der Waals surface area contributed by atoms with E-state index in [9.17, 15) is 4.39 Å². The summed E-state index contributed by atoms with van der Waals surface area (Å²) in [5.41, 5.74) is 0.0402. The van der Waals surface area contributed by atoms with Crippen molar-refractivity contribution in [2.24, 2.45) is 0 Å². The van der Waals surface area contributed by atoms with Crippen LogP contribution < -0.4 is 0 Å². The van der Waals surface area contributed by atoms with E-state index in [2.05, 4.69) is 20.1 Å². The van der Waals surface area contributed by atoms with Gasteiger partial charge in [-0.3, -0.25) is 0 Å². The second kappa shape index (κ2) is 4.68. The lowest BCUT2D eigenvalue weighted by molar-refractivity contribution is 0.0540. The van der Waals surface area contributed by atoms with Crippen LogP contribution in [0.3, 0.4) is 0 Å². The number of aromatic nitrogens is 4. The standard InChI is InChI=1S/C12H15ClFN5/c1-18-4-2-12(14,3-5-18)7-19-8-15-9-6-10(13)16-17-11(9)19/h6,8H,2-5,7H2,1H3. The number of alkyl halides is 1. The Balaban J connectivity index is 1.85. The number of piperidine rings is 1. The van der Waals surface area contributed by atoms with Crippen molar-refractivity contribution in [3.05, 3.63) is 17.5 Å². The van der Waals surface area contributed by atoms with Gasteiger partial charge in [-0.25, -0.2) is 9.37 Å². The molecule has 2 aromatic rings. The Morgan fingerprint density at radius 3 is 2.84 bits per heavy atom. The predicted molar refractivity (Wildman–Crippen MR) is 70.9 cm³/mol. The maximum Gasteiger partial charge on any atom is 0.182 e. The Bertz CT molecular complexity index is 591. The van der Waals surface area contributed by atoms with Gasteiger partial charge in [0.2, 0.25) is 0 Å². The van der Waals surface area contributed by atoms with Crippen LogP contribution in [0, 0.1) is 0 Å².